The number of thioether (sulfide) groups is 1. The summed E-state index contributed by atoms with van der Waals surface area (Å²) in [6.45, 7) is 0.480. The van der Waals surface area contributed by atoms with Crippen LogP contribution in [-0.4, -0.2) is 25.3 Å². The van der Waals surface area contributed by atoms with Gasteiger partial charge in [-0.2, -0.15) is 11.8 Å². The second-order valence-corrected chi connectivity index (χ2v) is 6.29. The lowest BCUT2D eigenvalue weighted by Crippen LogP contribution is -2.26. The van der Waals surface area contributed by atoms with E-state index < -0.39 is 0 Å². The van der Waals surface area contributed by atoms with Crippen molar-refractivity contribution in [1.29, 1.82) is 0 Å². The molecule has 2 aromatic rings. The molecule has 0 heterocycles. The van der Waals surface area contributed by atoms with Crippen molar-refractivity contribution in [3.05, 3.63) is 64.4 Å². The van der Waals surface area contributed by atoms with Gasteiger partial charge < -0.3 is 10.1 Å². The maximum absolute atomic E-state index is 13.5. The Kier molecular flexibility index (Phi) is 6.74. The van der Waals surface area contributed by atoms with E-state index in [9.17, 15) is 9.18 Å². The van der Waals surface area contributed by atoms with Crippen LogP contribution in [0.15, 0.2) is 42.5 Å². The summed E-state index contributed by atoms with van der Waals surface area (Å²) in [7, 11) is 1.50. The molecular formula is C17H17ClFNO2S. The van der Waals surface area contributed by atoms with Crippen molar-refractivity contribution in [2.45, 2.75) is 5.75 Å². The van der Waals surface area contributed by atoms with E-state index in [1.54, 1.807) is 42.1 Å². The molecule has 0 aliphatic rings. The zero-order valence-electron chi connectivity index (χ0n) is 12.6. The van der Waals surface area contributed by atoms with E-state index >= 15 is 0 Å². The SMILES string of the molecule is COc1ccc(Cl)cc1C(=O)NCCSCc1ccccc1F. The number of rotatable bonds is 7. The summed E-state index contributed by atoms with van der Waals surface area (Å²) in [5.74, 6) is 1.29. The van der Waals surface area contributed by atoms with Crippen molar-refractivity contribution in [2.24, 2.45) is 0 Å². The molecule has 0 radical (unpaired) electrons. The molecule has 0 unspecified atom stereocenters. The number of halogens is 2. The van der Waals surface area contributed by atoms with Crippen LogP contribution in [0, 0.1) is 5.82 Å². The number of carbonyl (C=O) groups is 1. The van der Waals surface area contributed by atoms with Gasteiger partial charge in [-0.3, -0.25) is 4.79 Å². The fourth-order valence-electron chi connectivity index (χ4n) is 1.99. The van der Waals surface area contributed by atoms with Gasteiger partial charge in [0.25, 0.3) is 5.91 Å². The Balaban J connectivity index is 1.79. The van der Waals surface area contributed by atoms with Crippen LogP contribution >= 0.6 is 23.4 Å². The second-order valence-electron chi connectivity index (χ2n) is 4.74. The van der Waals surface area contributed by atoms with Crippen LogP contribution in [0.4, 0.5) is 4.39 Å². The Hall–Kier alpha value is -1.72. The monoisotopic (exact) mass is 353 g/mol. The number of nitrogens with one attached hydrogen (secondary N) is 1. The lowest BCUT2D eigenvalue weighted by molar-refractivity contribution is 0.0953. The summed E-state index contributed by atoms with van der Waals surface area (Å²) in [4.78, 5) is 12.1. The minimum Gasteiger partial charge on any atom is -0.496 e. The minimum absolute atomic E-state index is 0.201. The van der Waals surface area contributed by atoms with Crippen molar-refractivity contribution in [1.82, 2.24) is 5.32 Å². The Morgan fingerprint density at radius 1 is 1.30 bits per heavy atom. The van der Waals surface area contributed by atoms with Crippen LogP contribution in [-0.2, 0) is 5.75 Å². The normalized spacial score (nSPS) is 10.4. The summed E-state index contributed by atoms with van der Waals surface area (Å²) < 4.78 is 18.6. The van der Waals surface area contributed by atoms with Gasteiger partial charge in [0, 0.05) is 23.1 Å². The third-order valence-corrected chi connectivity index (χ3v) is 4.40. The van der Waals surface area contributed by atoms with E-state index in [4.69, 9.17) is 16.3 Å². The fraction of sp³-hybridized carbons (Fsp3) is 0.235. The van der Waals surface area contributed by atoms with Gasteiger partial charge in [-0.25, -0.2) is 4.39 Å². The van der Waals surface area contributed by atoms with E-state index in [-0.39, 0.29) is 11.7 Å². The van der Waals surface area contributed by atoms with Gasteiger partial charge in [0.15, 0.2) is 0 Å². The Bertz CT molecular complexity index is 681. The summed E-state index contributed by atoms with van der Waals surface area (Å²) in [5.41, 5.74) is 1.07. The minimum atomic E-state index is -0.240. The molecule has 2 rings (SSSR count). The quantitative estimate of drug-likeness (QED) is 0.760. The van der Waals surface area contributed by atoms with Crippen LogP contribution in [0.1, 0.15) is 15.9 Å². The maximum atomic E-state index is 13.5. The van der Waals surface area contributed by atoms with E-state index in [2.05, 4.69) is 5.32 Å². The maximum Gasteiger partial charge on any atom is 0.255 e. The number of ether oxygens (including phenoxy) is 1. The molecule has 23 heavy (non-hydrogen) atoms. The Morgan fingerprint density at radius 2 is 2.09 bits per heavy atom. The first-order valence-electron chi connectivity index (χ1n) is 7.04. The zero-order chi connectivity index (χ0) is 16.7. The van der Waals surface area contributed by atoms with Crippen molar-refractivity contribution < 1.29 is 13.9 Å². The van der Waals surface area contributed by atoms with Crippen LogP contribution in [0.5, 0.6) is 5.75 Å². The molecular weight excluding hydrogens is 337 g/mol. The molecule has 0 saturated carbocycles. The summed E-state index contributed by atoms with van der Waals surface area (Å²) in [6.07, 6.45) is 0. The van der Waals surface area contributed by atoms with Crippen molar-refractivity contribution >= 4 is 29.3 Å². The molecule has 0 bridgehead atoms. The summed E-state index contributed by atoms with van der Waals surface area (Å²) >= 11 is 7.47. The van der Waals surface area contributed by atoms with Crippen LogP contribution < -0.4 is 10.1 Å². The first-order valence-corrected chi connectivity index (χ1v) is 8.58. The molecule has 0 spiro atoms. The van der Waals surface area contributed by atoms with Gasteiger partial charge in [0.05, 0.1) is 12.7 Å². The van der Waals surface area contributed by atoms with Crippen LogP contribution in [0.3, 0.4) is 0 Å². The summed E-state index contributed by atoms with van der Waals surface area (Å²) in [5, 5.41) is 3.29. The number of carbonyl (C=O) groups excluding carboxylic acids is 1. The number of hydrogen-bond donors (Lipinski definition) is 1. The molecule has 0 aliphatic heterocycles. The molecule has 0 atom stereocenters. The number of amides is 1. The molecule has 0 saturated heterocycles. The highest BCUT2D eigenvalue weighted by Crippen LogP contribution is 2.22. The first kappa shape index (κ1) is 17.6. The second kappa shape index (κ2) is 8.79. The predicted molar refractivity (Wildman–Crippen MR) is 92.9 cm³/mol. The average molecular weight is 354 g/mol. The van der Waals surface area contributed by atoms with Gasteiger partial charge >= 0.3 is 0 Å². The van der Waals surface area contributed by atoms with Crippen molar-refractivity contribution in [3.63, 3.8) is 0 Å². The fourth-order valence-corrected chi connectivity index (χ4v) is 3.00. The Labute approximate surface area is 144 Å². The average Bonchev–Trinajstić information content (AvgIpc) is 2.56. The van der Waals surface area contributed by atoms with E-state index in [0.717, 1.165) is 0 Å². The van der Waals surface area contributed by atoms with Crippen LogP contribution in [0.2, 0.25) is 5.02 Å². The first-order chi connectivity index (χ1) is 11.1. The van der Waals surface area contributed by atoms with E-state index in [0.29, 0.717) is 39.9 Å². The van der Waals surface area contributed by atoms with E-state index in [1.165, 1.54) is 13.2 Å². The Morgan fingerprint density at radius 3 is 2.83 bits per heavy atom. The number of hydrogen-bond acceptors (Lipinski definition) is 3. The predicted octanol–water partition coefficient (Wildman–Crippen LogP) is 4.15. The van der Waals surface area contributed by atoms with Gasteiger partial charge in [-0.1, -0.05) is 29.8 Å². The molecule has 1 amide bonds. The number of methoxy groups -OCH3 is 1. The van der Waals surface area contributed by atoms with Crippen LogP contribution in [0.25, 0.3) is 0 Å². The number of benzene rings is 2. The van der Waals surface area contributed by atoms with Gasteiger partial charge in [-0.05, 0) is 29.8 Å². The third-order valence-electron chi connectivity index (χ3n) is 3.15. The lowest BCUT2D eigenvalue weighted by atomic mass is 10.2. The van der Waals surface area contributed by atoms with E-state index in [1.807, 2.05) is 6.07 Å². The highest BCUT2D eigenvalue weighted by atomic mass is 35.5. The van der Waals surface area contributed by atoms with Gasteiger partial charge in [0.2, 0.25) is 0 Å². The highest BCUT2D eigenvalue weighted by Gasteiger charge is 2.12. The van der Waals surface area contributed by atoms with Gasteiger partial charge in [-0.15, -0.1) is 0 Å². The molecule has 1 N–H and O–H groups in total. The third kappa shape index (κ3) is 5.15. The van der Waals surface area contributed by atoms with Crippen molar-refractivity contribution in [2.75, 3.05) is 19.4 Å². The zero-order valence-corrected chi connectivity index (χ0v) is 14.2. The lowest BCUT2D eigenvalue weighted by Gasteiger charge is -2.10. The molecule has 122 valence electrons. The highest BCUT2D eigenvalue weighted by molar-refractivity contribution is 7.98. The largest absolute Gasteiger partial charge is 0.496 e. The van der Waals surface area contributed by atoms with Crippen molar-refractivity contribution in [3.8, 4) is 5.75 Å². The standard InChI is InChI=1S/C17H17ClFNO2S/c1-22-16-7-6-13(18)10-14(16)17(21)20-8-9-23-11-12-4-2-3-5-15(12)19/h2-7,10H,8-9,11H2,1H3,(H,20,21). The molecule has 0 aliphatic carbocycles. The summed E-state index contributed by atoms with van der Waals surface area (Å²) in [6, 6.07) is 11.6. The topological polar surface area (TPSA) is 38.3 Å². The molecule has 3 nitrogen and oxygen atoms in total. The molecule has 0 fully saturated rings. The smallest absolute Gasteiger partial charge is 0.255 e. The molecule has 2 aromatic carbocycles. The van der Waals surface area contributed by atoms with Gasteiger partial charge in [0.1, 0.15) is 11.6 Å². The molecule has 6 heteroatoms. The molecule has 0 aromatic heterocycles.